The number of para-hydroxylation sites is 1. The maximum absolute atomic E-state index is 13.8. The van der Waals surface area contributed by atoms with Crippen LogP contribution in [0.1, 0.15) is 19.5 Å². The van der Waals surface area contributed by atoms with Crippen LogP contribution in [-0.4, -0.2) is 22.7 Å². The highest BCUT2D eigenvalue weighted by Gasteiger charge is 2.14. The zero-order valence-corrected chi connectivity index (χ0v) is 11.4. The molecule has 2 atom stereocenters. The molecule has 19 heavy (non-hydrogen) atoms. The first-order chi connectivity index (χ1) is 9.02. The Labute approximate surface area is 112 Å². The molecule has 1 heterocycles. The number of hydrogen-bond acceptors (Lipinski definition) is 3. The zero-order chi connectivity index (χ0) is 14.0. The second kappa shape index (κ2) is 5.53. The Kier molecular flexibility index (Phi) is 4.00. The number of fused-ring (bicyclic) bond motifs is 1. The number of nitrogens with one attached hydrogen (secondary N) is 1. The number of aliphatic hydroxyl groups is 1. The van der Waals surface area contributed by atoms with Crippen LogP contribution in [0.2, 0.25) is 0 Å². The summed E-state index contributed by atoms with van der Waals surface area (Å²) in [7, 11) is 0. The molecule has 2 rings (SSSR count). The highest BCUT2D eigenvalue weighted by molar-refractivity contribution is 5.91. The average molecular weight is 262 g/mol. The third-order valence-electron chi connectivity index (χ3n) is 3.44. The van der Waals surface area contributed by atoms with Crippen LogP contribution in [0.15, 0.2) is 24.3 Å². The van der Waals surface area contributed by atoms with Crippen molar-refractivity contribution in [1.29, 1.82) is 0 Å². The lowest BCUT2D eigenvalue weighted by molar-refractivity contribution is 0.226. The minimum Gasteiger partial charge on any atom is -0.396 e. The SMILES string of the molecule is Cc1cc(NC(C)C(C)CO)c2cccc(F)c2n1. The second-order valence-corrected chi connectivity index (χ2v) is 5.04. The second-order valence-electron chi connectivity index (χ2n) is 5.04. The van der Waals surface area contributed by atoms with Gasteiger partial charge in [0.15, 0.2) is 0 Å². The lowest BCUT2D eigenvalue weighted by Gasteiger charge is -2.21. The topological polar surface area (TPSA) is 45.1 Å². The Morgan fingerprint density at radius 1 is 1.37 bits per heavy atom. The zero-order valence-electron chi connectivity index (χ0n) is 11.4. The molecular weight excluding hydrogens is 243 g/mol. The summed E-state index contributed by atoms with van der Waals surface area (Å²) in [5, 5.41) is 13.3. The molecule has 2 unspecified atom stereocenters. The minimum atomic E-state index is -0.313. The van der Waals surface area contributed by atoms with Crippen LogP contribution in [0.25, 0.3) is 10.9 Å². The van der Waals surface area contributed by atoms with Gasteiger partial charge in [-0.05, 0) is 31.9 Å². The number of rotatable bonds is 4. The van der Waals surface area contributed by atoms with E-state index in [4.69, 9.17) is 0 Å². The smallest absolute Gasteiger partial charge is 0.149 e. The van der Waals surface area contributed by atoms with Crippen LogP contribution >= 0.6 is 0 Å². The molecule has 3 nitrogen and oxygen atoms in total. The molecule has 1 aromatic heterocycles. The molecule has 0 amide bonds. The quantitative estimate of drug-likeness (QED) is 0.890. The summed E-state index contributed by atoms with van der Waals surface area (Å²) in [5.41, 5.74) is 2.01. The molecule has 0 saturated carbocycles. The molecule has 0 bridgehead atoms. The Morgan fingerprint density at radius 3 is 2.79 bits per heavy atom. The fourth-order valence-electron chi connectivity index (χ4n) is 2.01. The average Bonchev–Trinajstić information content (AvgIpc) is 2.39. The van der Waals surface area contributed by atoms with E-state index in [0.29, 0.717) is 5.52 Å². The molecule has 0 radical (unpaired) electrons. The minimum absolute atomic E-state index is 0.0956. The Hall–Kier alpha value is -1.68. The van der Waals surface area contributed by atoms with Crippen LogP contribution in [0.3, 0.4) is 0 Å². The van der Waals surface area contributed by atoms with Crippen LogP contribution < -0.4 is 5.32 Å². The van der Waals surface area contributed by atoms with Crippen molar-refractivity contribution in [2.45, 2.75) is 26.8 Å². The molecular formula is C15H19FN2O. The number of nitrogens with zero attached hydrogens (tertiary/aromatic N) is 1. The number of aliphatic hydroxyl groups excluding tert-OH is 1. The number of aromatic nitrogens is 1. The standard InChI is InChI=1S/C15H19FN2O/c1-9(8-19)11(3)18-14-7-10(2)17-15-12(14)5-4-6-13(15)16/h4-7,9,11,19H,8H2,1-3H3,(H,17,18). The number of benzene rings is 1. The van der Waals surface area contributed by atoms with E-state index >= 15 is 0 Å². The number of pyridine rings is 1. The number of halogens is 1. The van der Waals surface area contributed by atoms with E-state index in [2.05, 4.69) is 10.3 Å². The van der Waals surface area contributed by atoms with E-state index in [1.54, 1.807) is 6.07 Å². The molecule has 0 aliphatic rings. The van der Waals surface area contributed by atoms with Crippen LogP contribution in [0.4, 0.5) is 10.1 Å². The van der Waals surface area contributed by atoms with Crippen molar-refractivity contribution in [2.75, 3.05) is 11.9 Å². The van der Waals surface area contributed by atoms with E-state index in [1.165, 1.54) is 6.07 Å². The molecule has 0 spiro atoms. The molecule has 1 aromatic carbocycles. The molecule has 0 fully saturated rings. The Bertz CT molecular complexity index is 586. The van der Waals surface area contributed by atoms with Gasteiger partial charge < -0.3 is 10.4 Å². The summed E-state index contributed by atoms with van der Waals surface area (Å²) in [6.07, 6.45) is 0. The van der Waals surface area contributed by atoms with Gasteiger partial charge >= 0.3 is 0 Å². The molecule has 0 aliphatic carbocycles. The Morgan fingerprint density at radius 2 is 2.11 bits per heavy atom. The van der Waals surface area contributed by atoms with Crippen molar-refractivity contribution in [3.63, 3.8) is 0 Å². The van der Waals surface area contributed by atoms with Gasteiger partial charge in [-0.1, -0.05) is 19.1 Å². The maximum Gasteiger partial charge on any atom is 0.149 e. The van der Waals surface area contributed by atoms with Gasteiger partial charge in [0.05, 0.1) is 0 Å². The van der Waals surface area contributed by atoms with E-state index in [0.717, 1.165) is 16.8 Å². The highest BCUT2D eigenvalue weighted by Crippen LogP contribution is 2.26. The number of anilines is 1. The largest absolute Gasteiger partial charge is 0.396 e. The van der Waals surface area contributed by atoms with Gasteiger partial charge in [-0.2, -0.15) is 0 Å². The van der Waals surface area contributed by atoms with Gasteiger partial charge in [0.2, 0.25) is 0 Å². The molecule has 0 saturated heterocycles. The van der Waals surface area contributed by atoms with Crippen molar-refractivity contribution in [1.82, 2.24) is 4.98 Å². The van der Waals surface area contributed by atoms with Crippen LogP contribution in [0, 0.1) is 18.7 Å². The van der Waals surface area contributed by atoms with Gasteiger partial charge in [-0.25, -0.2) is 9.37 Å². The molecule has 2 N–H and O–H groups in total. The maximum atomic E-state index is 13.8. The van der Waals surface area contributed by atoms with Gasteiger partial charge in [0, 0.05) is 29.4 Å². The van der Waals surface area contributed by atoms with Gasteiger partial charge in [0.1, 0.15) is 11.3 Å². The van der Waals surface area contributed by atoms with Crippen molar-refractivity contribution in [3.05, 3.63) is 35.8 Å². The molecule has 2 aromatic rings. The first kappa shape index (κ1) is 13.7. The van der Waals surface area contributed by atoms with Gasteiger partial charge in [-0.3, -0.25) is 0 Å². The molecule has 4 heteroatoms. The summed E-state index contributed by atoms with van der Waals surface area (Å²) >= 11 is 0. The number of aryl methyl sites for hydroxylation is 1. The van der Waals surface area contributed by atoms with E-state index < -0.39 is 0 Å². The number of hydrogen-bond donors (Lipinski definition) is 2. The summed E-state index contributed by atoms with van der Waals surface area (Å²) in [4.78, 5) is 4.24. The third kappa shape index (κ3) is 2.84. The Balaban J connectivity index is 2.45. The summed E-state index contributed by atoms with van der Waals surface area (Å²) in [6, 6.07) is 6.95. The summed E-state index contributed by atoms with van der Waals surface area (Å²) in [5.74, 6) is -0.191. The first-order valence-corrected chi connectivity index (χ1v) is 6.46. The van der Waals surface area contributed by atoms with Gasteiger partial charge in [0.25, 0.3) is 0 Å². The predicted molar refractivity (Wildman–Crippen MR) is 75.8 cm³/mol. The third-order valence-corrected chi connectivity index (χ3v) is 3.44. The van der Waals surface area contributed by atoms with Crippen molar-refractivity contribution < 1.29 is 9.50 Å². The first-order valence-electron chi connectivity index (χ1n) is 6.46. The summed E-state index contributed by atoms with van der Waals surface area (Å²) in [6.45, 7) is 5.93. The van der Waals surface area contributed by atoms with Crippen molar-refractivity contribution in [3.8, 4) is 0 Å². The van der Waals surface area contributed by atoms with E-state index in [9.17, 15) is 9.50 Å². The highest BCUT2D eigenvalue weighted by atomic mass is 19.1. The van der Waals surface area contributed by atoms with E-state index in [-0.39, 0.29) is 24.4 Å². The van der Waals surface area contributed by atoms with Crippen molar-refractivity contribution in [2.24, 2.45) is 5.92 Å². The van der Waals surface area contributed by atoms with Crippen molar-refractivity contribution >= 4 is 16.6 Å². The van der Waals surface area contributed by atoms with Crippen LogP contribution in [-0.2, 0) is 0 Å². The lowest BCUT2D eigenvalue weighted by atomic mass is 10.0. The summed E-state index contributed by atoms with van der Waals surface area (Å²) < 4.78 is 13.8. The molecule has 102 valence electrons. The monoisotopic (exact) mass is 262 g/mol. The molecule has 0 aliphatic heterocycles. The predicted octanol–water partition coefficient (Wildman–Crippen LogP) is 3.11. The fourth-order valence-corrected chi connectivity index (χ4v) is 2.01. The van der Waals surface area contributed by atoms with E-state index in [1.807, 2.05) is 32.9 Å². The fraction of sp³-hybridized carbons (Fsp3) is 0.400. The normalized spacial score (nSPS) is 14.4. The van der Waals surface area contributed by atoms with Gasteiger partial charge in [-0.15, -0.1) is 0 Å². The lowest BCUT2D eigenvalue weighted by Crippen LogP contribution is -2.26. The van der Waals surface area contributed by atoms with Crippen LogP contribution in [0.5, 0.6) is 0 Å².